The molecule has 1 saturated heterocycles. The molecule has 4 nitrogen and oxygen atoms in total. The number of piperidine rings is 1. The van der Waals surface area contributed by atoms with E-state index in [9.17, 15) is 4.79 Å². The average molecular weight is 290 g/mol. The van der Waals surface area contributed by atoms with Gasteiger partial charge in [-0.05, 0) is 49.4 Å². The first-order chi connectivity index (χ1) is 10.1. The van der Waals surface area contributed by atoms with Gasteiger partial charge < -0.3 is 4.74 Å². The zero-order chi connectivity index (χ0) is 15.2. The predicted octanol–water partition coefficient (Wildman–Crippen LogP) is 3.05. The number of rotatable bonds is 5. The summed E-state index contributed by atoms with van der Waals surface area (Å²) in [5.41, 5.74) is 1.10. The zero-order valence-corrected chi connectivity index (χ0v) is 13.3. The van der Waals surface area contributed by atoms with Gasteiger partial charge in [-0.25, -0.2) is 0 Å². The minimum atomic E-state index is -0.158. The maximum Gasteiger partial charge on any atom is 0.307 e. The van der Waals surface area contributed by atoms with Crippen LogP contribution in [0.5, 0.6) is 0 Å². The molecule has 1 fully saturated rings. The van der Waals surface area contributed by atoms with Crippen LogP contribution in [0.25, 0.3) is 0 Å². The summed E-state index contributed by atoms with van der Waals surface area (Å²) >= 11 is 0. The van der Waals surface area contributed by atoms with Gasteiger partial charge in [-0.15, -0.1) is 0 Å². The number of nitrogens with zero attached hydrogens (tertiary/aromatic N) is 2. The van der Waals surface area contributed by atoms with Crippen LogP contribution in [0.2, 0.25) is 0 Å². The molecule has 2 heterocycles. The maximum atomic E-state index is 11.7. The van der Waals surface area contributed by atoms with Crippen LogP contribution in [-0.4, -0.2) is 36.1 Å². The second-order valence-electron chi connectivity index (χ2n) is 6.20. The molecule has 0 spiro atoms. The van der Waals surface area contributed by atoms with Gasteiger partial charge in [-0.3, -0.25) is 14.7 Å². The Labute approximate surface area is 127 Å². The molecule has 1 aliphatic rings. The highest BCUT2D eigenvalue weighted by Crippen LogP contribution is 2.31. The van der Waals surface area contributed by atoms with E-state index in [4.69, 9.17) is 4.74 Å². The molecule has 4 heteroatoms. The van der Waals surface area contributed by atoms with Gasteiger partial charge in [0, 0.05) is 18.4 Å². The van der Waals surface area contributed by atoms with Crippen LogP contribution in [0.1, 0.15) is 44.7 Å². The third-order valence-corrected chi connectivity index (χ3v) is 4.61. The van der Waals surface area contributed by atoms with E-state index in [0.717, 1.165) is 30.5 Å². The Hall–Kier alpha value is -1.42. The Balaban J connectivity index is 2.08. The Morgan fingerprint density at radius 2 is 2.14 bits per heavy atom. The molecule has 0 saturated carbocycles. The summed E-state index contributed by atoms with van der Waals surface area (Å²) in [5, 5.41) is 0. The van der Waals surface area contributed by atoms with E-state index in [2.05, 4.69) is 29.8 Å². The van der Waals surface area contributed by atoms with Crippen LogP contribution in [0.3, 0.4) is 0 Å². The zero-order valence-electron chi connectivity index (χ0n) is 13.3. The minimum Gasteiger partial charge on any atom is -0.469 e. The summed E-state index contributed by atoms with van der Waals surface area (Å²) in [5.74, 6) is 1.38. The summed E-state index contributed by atoms with van der Waals surface area (Å²) in [6, 6.07) is 4.06. The van der Waals surface area contributed by atoms with Gasteiger partial charge in [-0.1, -0.05) is 19.9 Å². The molecule has 1 aromatic rings. The molecule has 0 radical (unpaired) electrons. The number of hydrogen-bond donors (Lipinski definition) is 0. The Morgan fingerprint density at radius 1 is 1.43 bits per heavy atom. The van der Waals surface area contributed by atoms with Crippen molar-refractivity contribution in [3.8, 4) is 0 Å². The van der Waals surface area contributed by atoms with Crippen molar-refractivity contribution < 1.29 is 9.53 Å². The molecule has 1 aromatic heterocycles. The fourth-order valence-electron chi connectivity index (χ4n) is 3.17. The topological polar surface area (TPSA) is 42.4 Å². The van der Waals surface area contributed by atoms with Crippen LogP contribution in [-0.2, 0) is 9.53 Å². The summed E-state index contributed by atoms with van der Waals surface area (Å²) < 4.78 is 4.87. The highest BCUT2D eigenvalue weighted by Gasteiger charge is 2.29. The first-order valence-corrected chi connectivity index (χ1v) is 7.82. The highest BCUT2D eigenvalue weighted by atomic mass is 16.5. The summed E-state index contributed by atoms with van der Waals surface area (Å²) in [6.07, 6.45) is 6.44. The van der Waals surface area contributed by atoms with Crippen LogP contribution < -0.4 is 0 Å². The normalized spacial score (nSPS) is 18.7. The quantitative estimate of drug-likeness (QED) is 0.782. The highest BCUT2D eigenvalue weighted by molar-refractivity contribution is 5.70. The van der Waals surface area contributed by atoms with Crippen LogP contribution in [0.4, 0.5) is 0 Å². The number of methoxy groups -OCH3 is 1. The molecule has 1 atom stereocenters. The van der Waals surface area contributed by atoms with Gasteiger partial charge in [0.15, 0.2) is 0 Å². The molecular formula is C17H26N2O2. The van der Waals surface area contributed by atoms with Gasteiger partial charge in [0.2, 0.25) is 0 Å². The van der Waals surface area contributed by atoms with E-state index < -0.39 is 0 Å². The lowest BCUT2D eigenvalue weighted by atomic mass is 9.85. The Bertz CT molecular complexity index is 439. The first kappa shape index (κ1) is 16.0. The van der Waals surface area contributed by atoms with Gasteiger partial charge in [0.05, 0.1) is 13.5 Å². The van der Waals surface area contributed by atoms with Crippen molar-refractivity contribution in [2.24, 2.45) is 11.8 Å². The summed E-state index contributed by atoms with van der Waals surface area (Å²) in [4.78, 5) is 18.3. The number of likely N-dealkylation sites (tertiary alicyclic amines) is 1. The molecule has 0 N–H and O–H groups in total. The van der Waals surface area contributed by atoms with Gasteiger partial charge in [0.25, 0.3) is 0 Å². The van der Waals surface area contributed by atoms with E-state index in [-0.39, 0.29) is 12.0 Å². The van der Waals surface area contributed by atoms with Crippen molar-refractivity contribution in [3.63, 3.8) is 0 Å². The van der Waals surface area contributed by atoms with E-state index in [0.29, 0.717) is 6.42 Å². The van der Waals surface area contributed by atoms with Crippen LogP contribution in [0, 0.1) is 11.8 Å². The van der Waals surface area contributed by atoms with Gasteiger partial charge >= 0.3 is 5.97 Å². The predicted molar refractivity (Wildman–Crippen MR) is 82.7 cm³/mol. The number of carbonyl (C=O) groups is 1. The second-order valence-corrected chi connectivity index (χ2v) is 6.20. The Kier molecular flexibility index (Phi) is 5.74. The number of carbonyl (C=O) groups excluding carboxylic acids is 1. The molecule has 21 heavy (non-hydrogen) atoms. The molecule has 0 amide bonds. The maximum absolute atomic E-state index is 11.7. The first-order valence-electron chi connectivity index (χ1n) is 7.82. The summed E-state index contributed by atoms with van der Waals surface area (Å²) in [7, 11) is 1.45. The number of esters is 1. The van der Waals surface area contributed by atoms with E-state index in [1.54, 1.807) is 6.20 Å². The molecule has 116 valence electrons. The lowest BCUT2D eigenvalue weighted by Crippen LogP contribution is -2.39. The number of hydrogen-bond acceptors (Lipinski definition) is 4. The molecule has 0 aromatic carbocycles. The Morgan fingerprint density at radius 3 is 2.67 bits per heavy atom. The average Bonchev–Trinajstić information content (AvgIpc) is 2.53. The molecule has 0 aliphatic carbocycles. The van der Waals surface area contributed by atoms with E-state index in [1.807, 2.05) is 12.3 Å². The van der Waals surface area contributed by atoms with E-state index in [1.165, 1.54) is 20.0 Å². The van der Waals surface area contributed by atoms with Crippen LogP contribution >= 0.6 is 0 Å². The van der Waals surface area contributed by atoms with Crippen molar-refractivity contribution in [1.82, 2.24) is 9.88 Å². The molecular weight excluding hydrogens is 264 g/mol. The summed E-state index contributed by atoms with van der Waals surface area (Å²) in [6.45, 7) is 6.68. The second kappa shape index (κ2) is 7.55. The molecule has 1 aliphatic heterocycles. The van der Waals surface area contributed by atoms with E-state index >= 15 is 0 Å². The molecule has 0 bridgehead atoms. The standard InChI is InChI=1S/C17H26N2O2/c1-13(2)14-6-9-19(10-7-14)16(11-17(20)21-3)15-5-4-8-18-12-15/h4-5,8,12-14,16H,6-7,9-11H2,1-3H3. The lowest BCUT2D eigenvalue weighted by Gasteiger charge is -2.38. The van der Waals surface area contributed by atoms with Crippen LogP contribution in [0.15, 0.2) is 24.5 Å². The molecule has 1 unspecified atom stereocenters. The minimum absolute atomic E-state index is 0.0827. The monoisotopic (exact) mass is 290 g/mol. The van der Waals surface area contributed by atoms with Crippen molar-refractivity contribution in [2.45, 2.75) is 39.2 Å². The van der Waals surface area contributed by atoms with Crippen molar-refractivity contribution in [2.75, 3.05) is 20.2 Å². The van der Waals surface area contributed by atoms with Crippen molar-refractivity contribution >= 4 is 5.97 Å². The lowest BCUT2D eigenvalue weighted by molar-refractivity contribution is -0.142. The smallest absolute Gasteiger partial charge is 0.307 e. The number of aromatic nitrogens is 1. The third-order valence-electron chi connectivity index (χ3n) is 4.61. The number of ether oxygens (including phenoxy) is 1. The molecule has 2 rings (SSSR count). The SMILES string of the molecule is COC(=O)CC(c1cccnc1)N1CCC(C(C)C)CC1. The largest absolute Gasteiger partial charge is 0.469 e. The fraction of sp³-hybridized carbons (Fsp3) is 0.647. The third kappa shape index (κ3) is 4.27. The number of pyridine rings is 1. The van der Waals surface area contributed by atoms with Gasteiger partial charge in [-0.2, -0.15) is 0 Å². The fourth-order valence-corrected chi connectivity index (χ4v) is 3.17. The van der Waals surface area contributed by atoms with Gasteiger partial charge in [0.1, 0.15) is 0 Å². The van der Waals surface area contributed by atoms with Crippen molar-refractivity contribution in [1.29, 1.82) is 0 Å². The van der Waals surface area contributed by atoms with Crippen molar-refractivity contribution in [3.05, 3.63) is 30.1 Å².